The van der Waals surface area contributed by atoms with E-state index in [1.54, 1.807) is 23.5 Å². The number of hydrogen-bond acceptors (Lipinski definition) is 5. The predicted molar refractivity (Wildman–Crippen MR) is 133 cm³/mol. The zero-order chi connectivity index (χ0) is 23.4. The molecule has 0 radical (unpaired) electrons. The van der Waals surface area contributed by atoms with E-state index in [4.69, 9.17) is 9.47 Å². The third-order valence-electron chi connectivity index (χ3n) is 6.12. The van der Waals surface area contributed by atoms with Crippen LogP contribution in [0.2, 0.25) is 0 Å². The highest BCUT2D eigenvalue weighted by atomic mass is 79.9. The molecule has 0 bridgehead atoms. The van der Waals surface area contributed by atoms with E-state index in [1.165, 1.54) is 17.6 Å². The first-order valence-corrected chi connectivity index (χ1v) is 12.5. The van der Waals surface area contributed by atoms with Gasteiger partial charge in [0.2, 0.25) is 0 Å². The van der Waals surface area contributed by atoms with E-state index in [2.05, 4.69) is 28.9 Å². The summed E-state index contributed by atoms with van der Waals surface area (Å²) in [5.74, 6) is -0.0306. The molecule has 1 aromatic heterocycles. The summed E-state index contributed by atoms with van der Waals surface area (Å²) in [7, 11) is 1.37. The van der Waals surface area contributed by atoms with Crippen molar-refractivity contribution in [3.8, 4) is 0 Å². The molecule has 2 atom stereocenters. The Morgan fingerprint density at radius 1 is 1.12 bits per heavy atom. The van der Waals surface area contributed by atoms with Crippen LogP contribution in [0.15, 0.2) is 64.5 Å². The van der Waals surface area contributed by atoms with Gasteiger partial charge in [0.1, 0.15) is 6.61 Å². The quantitative estimate of drug-likeness (QED) is 0.340. The number of likely N-dealkylation sites (tertiary alicyclic amines) is 1. The second-order valence-corrected chi connectivity index (χ2v) is 10.8. The van der Waals surface area contributed by atoms with Gasteiger partial charge in [-0.25, -0.2) is 9.59 Å². The Balaban J connectivity index is 1.57. The third kappa shape index (κ3) is 5.47. The van der Waals surface area contributed by atoms with Gasteiger partial charge in [0.15, 0.2) is 0 Å². The molecular weight excluding hydrogens is 502 g/mol. The fraction of sp³-hybridized carbons (Fsp3) is 0.308. The van der Waals surface area contributed by atoms with Gasteiger partial charge in [-0.1, -0.05) is 42.5 Å². The summed E-state index contributed by atoms with van der Waals surface area (Å²) < 4.78 is 11.6. The molecule has 0 N–H and O–H groups in total. The van der Waals surface area contributed by atoms with Crippen LogP contribution in [0.25, 0.3) is 0 Å². The van der Waals surface area contributed by atoms with Gasteiger partial charge >= 0.3 is 12.1 Å². The van der Waals surface area contributed by atoms with Crippen LogP contribution in [0, 0.1) is 6.92 Å². The number of aryl methyl sites for hydroxylation is 1. The summed E-state index contributed by atoms with van der Waals surface area (Å²) >= 11 is 5.35. The number of ether oxygens (including phenoxy) is 2. The number of nitrogens with zero attached hydrogens (tertiary/aromatic N) is 1. The number of thiophene rings is 1. The van der Waals surface area contributed by atoms with E-state index in [0.29, 0.717) is 18.0 Å². The first-order valence-electron chi connectivity index (χ1n) is 10.9. The number of esters is 1. The number of rotatable bonds is 5. The lowest BCUT2D eigenvalue weighted by molar-refractivity contribution is 0.0596. The van der Waals surface area contributed by atoms with Gasteiger partial charge in [0.25, 0.3) is 0 Å². The molecule has 1 aliphatic rings. The highest BCUT2D eigenvalue weighted by Crippen LogP contribution is 2.43. The van der Waals surface area contributed by atoms with E-state index in [-0.39, 0.29) is 24.7 Å². The van der Waals surface area contributed by atoms with Crippen LogP contribution in [0.3, 0.4) is 0 Å². The lowest BCUT2D eigenvalue weighted by Crippen LogP contribution is -2.41. The Hall–Kier alpha value is -2.64. The molecule has 4 rings (SSSR count). The van der Waals surface area contributed by atoms with Crippen molar-refractivity contribution in [2.45, 2.75) is 38.3 Å². The lowest BCUT2D eigenvalue weighted by Gasteiger charge is -2.39. The van der Waals surface area contributed by atoms with Gasteiger partial charge in [-0.05, 0) is 76.5 Å². The number of carbonyl (C=O) groups excluding carboxylic acids is 2. The molecule has 1 fully saturated rings. The fourth-order valence-electron chi connectivity index (χ4n) is 4.41. The van der Waals surface area contributed by atoms with E-state index in [1.807, 2.05) is 47.4 Å². The molecule has 7 heteroatoms. The molecule has 0 aliphatic carbocycles. The number of methoxy groups -OCH3 is 1. The van der Waals surface area contributed by atoms with Crippen LogP contribution < -0.4 is 0 Å². The molecule has 3 aromatic rings. The number of amides is 1. The molecule has 2 heterocycles. The first-order chi connectivity index (χ1) is 16.0. The summed E-state index contributed by atoms with van der Waals surface area (Å²) in [6.07, 6.45) is 1.35. The Bertz CT molecular complexity index is 1110. The minimum absolute atomic E-state index is 0.142. The van der Waals surface area contributed by atoms with E-state index in [0.717, 1.165) is 27.8 Å². The monoisotopic (exact) mass is 527 g/mol. The molecule has 1 saturated heterocycles. The van der Waals surface area contributed by atoms with Gasteiger partial charge in [-0.3, -0.25) is 0 Å². The van der Waals surface area contributed by atoms with Crippen molar-refractivity contribution >= 4 is 39.3 Å². The highest BCUT2D eigenvalue weighted by molar-refractivity contribution is 9.11. The molecule has 33 heavy (non-hydrogen) atoms. The van der Waals surface area contributed by atoms with Gasteiger partial charge in [-0.2, -0.15) is 0 Å². The predicted octanol–water partition coefficient (Wildman–Crippen LogP) is 6.86. The largest absolute Gasteiger partial charge is 0.465 e. The number of piperidine rings is 1. The Morgan fingerprint density at radius 3 is 2.48 bits per heavy atom. The second kappa shape index (κ2) is 10.5. The van der Waals surface area contributed by atoms with Crippen molar-refractivity contribution < 1.29 is 19.1 Å². The maximum atomic E-state index is 13.1. The Labute approximate surface area is 206 Å². The van der Waals surface area contributed by atoms with Crippen LogP contribution in [-0.4, -0.2) is 30.6 Å². The fourth-order valence-corrected chi connectivity index (χ4v) is 6.20. The minimum atomic E-state index is -0.374. The SMILES string of the molecule is COC(=O)c1ccc([C@@H]2CC(c3cc(Br)sc3C)CCN2C(=O)OCc2ccccc2)cc1. The summed E-state index contributed by atoms with van der Waals surface area (Å²) in [5.41, 5.74) is 3.76. The highest BCUT2D eigenvalue weighted by Gasteiger charge is 2.35. The van der Waals surface area contributed by atoms with Crippen molar-refractivity contribution in [1.82, 2.24) is 4.90 Å². The Kier molecular flexibility index (Phi) is 7.50. The molecule has 0 spiro atoms. The zero-order valence-electron chi connectivity index (χ0n) is 18.6. The molecule has 1 aliphatic heterocycles. The van der Waals surface area contributed by atoms with Crippen LogP contribution >= 0.6 is 27.3 Å². The molecule has 2 aromatic carbocycles. The van der Waals surface area contributed by atoms with Crippen molar-refractivity contribution in [3.05, 3.63) is 91.6 Å². The number of halogens is 1. The maximum absolute atomic E-state index is 13.1. The van der Waals surface area contributed by atoms with Crippen LogP contribution in [0.4, 0.5) is 4.79 Å². The van der Waals surface area contributed by atoms with E-state index >= 15 is 0 Å². The summed E-state index contributed by atoms with van der Waals surface area (Å²) in [6, 6.07) is 19.1. The molecule has 1 unspecified atom stereocenters. The lowest BCUT2D eigenvalue weighted by atomic mass is 9.83. The van der Waals surface area contributed by atoms with E-state index < -0.39 is 0 Å². The van der Waals surface area contributed by atoms with Crippen LogP contribution in [0.5, 0.6) is 0 Å². The van der Waals surface area contributed by atoms with Crippen LogP contribution in [-0.2, 0) is 16.1 Å². The smallest absolute Gasteiger partial charge is 0.410 e. The van der Waals surface area contributed by atoms with Gasteiger partial charge in [-0.15, -0.1) is 11.3 Å². The Morgan fingerprint density at radius 2 is 1.85 bits per heavy atom. The van der Waals surface area contributed by atoms with Gasteiger partial charge < -0.3 is 14.4 Å². The third-order valence-corrected chi connectivity index (χ3v) is 7.69. The molecule has 172 valence electrons. The number of carbonyl (C=O) groups is 2. The molecule has 1 amide bonds. The van der Waals surface area contributed by atoms with Crippen molar-refractivity contribution in [1.29, 1.82) is 0 Å². The number of benzene rings is 2. The van der Waals surface area contributed by atoms with Crippen molar-refractivity contribution in [2.75, 3.05) is 13.7 Å². The second-order valence-electron chi connectivity index (χ2n) is 8.15. The molecular formula is C26H26BrNO4S. The van der Waals surface area contributed by atoms with E-state index in [9.17, 15) is 9.59 Å². The maximum Gasteiger partial charge on any atom is 0.410 e. The zero-order valence-corrected chi connectivity index (χ0v) is 21.0. The van der Waals surface area contributed by atoms with Crippen LogP contribution in [0.1, 0.15) is 56.7 Å². The standard InChI is InChI=1S/C26H26BrNO4S/c1-17-22(15-24(27)33-17)21-12-13-28(26(30)32-16-18-6-4-3-5-7-18)23(14-21)19-8-10-20(11-9-19)25(29)31-2/h3-11,15,21,23H,12-14,16H2,1-2H3/t21?,23-/m0/s1. The van der Waals surface area contributed by atoms with Crippen molar-refractivity contribution in [3.63, 3.8) is 0 Å². The number of hydrogen-bond donors (Lipinski definition) is 0. The summed E-state index contributed by atoms with van der Waals surface area (Å²) in [5, 5.41) is 0. The average Bonchev–Trinajstić information content (AvgIpc) is 3.20. The molecule has 5 nitrogen and oxygen atoms in total. The van der Waals surface area contributed by atoms with Gasteiger partial charge in [0.05, 0.1) is 22.5 Å². The average molecular weight is 528 g/mol. The van der Waals surface area contributed by atoms with Gasteiger partial charge in [0, 0.05) is 11.4 Å². The summed E-state index contributed by atoms with van der Waals surface area (Å²) in [6.45, 7) is 2.99. The topological polar surface area (TPSA) is 55.8 Å². The normalized spacial score (nSPS) is 18.1. The summed E-state index contributed by atoms with van der Waals surface area (Å²) in [4.78, 5) is 28.1. The molecule has 0 saturated carbocycles. The van der Waals surface area contributed by atoms with Crippen molar-refractivity contribution in [2.24, 2.45) is 0 Å². The first kappa shape index (κ1) is 23.5. The minimum Gasteiger partial charge on any atom is -0.465 e.